The lowest BCUT2D eigenvalue weighted by atomic mass is 10.0. The van der Waals surface area contributed by atoms with Gasteiger partial charge in [0.15, 0.2) is 5.82 Å². The van der Waals surface area contributed by atoms with Gasteiger partial charge in [-0.1, -0.05) is 19.9 Å². The summed E-state index contributed by atoms with van der Waals surface area (Å²) in [6.07, 6.45) is 11.4. The number of likely N-dealkylation sites (tertiary alicyclic amines) is 1. The largest absolute Gasteiger partial charge is 0.370 e. The second kappa shape index (κ2) is 10.5. The second-order valence-corrected chi connectivity index (χ2v) is 10.9. The number of carbonyl (C=O) groups excluding carboxylic acids is 1. The number of nitrogens with one attached hydrogen (secondary N) is 2. The van der Waals surface area contributed by atoms with Crippen LogP contribution in [-0.2, 0) is 11.3 Å². The Bertz CT molecular complexity index is 861. The zero-order valence-corrected chi connectivity index (χ0v) is 21.3. The molecule has 9 heteroatoms. The highest BCUT2D eigenvalue weighted by Gasteiger charge is 2.33. The third-order valence-electron chi connectivity index (χ3n) is 7.00. The Morgan fingerprint density at radius 2 is 2.06 bits per heavy atom. The summed E-state index contributed by atoms with van der Waals surface area (Å²) in [5.41, 5.74) is -0.110. The number of nitrogens with zero attached hydrogens (tertiary/aromatic N) is 5. The van der Waals surface area contributed by atoms with Crippen molar-refractivity contribution >= 4 is 22.6 Å². The standard InChI is InChI=1S/C24H39N7OS/c1-18(2)16-20(22(32)31-11-7-8-19(31)3)26-23-27-21(28-33-23)17-29-12-14-30(15-13-29)24(4)9-5-6-10-25-24/h5-6,9-10,18-20,25H,7-8,11-17H2,1-4H3,(H,26,27,28). The topological polar surface area (TPSA) is 76.6 Å². The van der Waals surface area contributed by atoms with Crippen LogP contribution in [0.4, 0.5) is 5.13 Å². The number of carbonyl (C=O) groups is 1. The first-order valence-corrected chi connectivity index (χ1v) is 13.1. The van der Waals surface area contributed by atoms with Crippen LogP contribution < -0.4 is 10.6 Å². The number of piperazine rings is 1. The highest BCUT2D eigenvalue weighted by atomic mass is 32.1. The summed E-state index contributed by atoms with van der Waals surface area (Å²) < 4.78 is 4.59. The maximum absolute atomic E-state index is 13.2. The van der Waals surface area contributed by atoms with Gasteiger partial charge in [-0.15, -0.1) is 0 Å². The van der Waals surface area contributed by atoms with Crippen LogP contribution in [0.1, 0.15) is 52.8 Å². The van der Waals surface area contributed by atoms with Crippen LogP contribution in [0.15, 0.2) is 24.4 Å². The van der Waals surface area contributed by atoms with Crippen LogP contribution in [0.2, 0.25) is 0 Å². The zero-order chi connectivity index (χ0) is 23.4. The minimum atomic E-state index is -0.235. The molecule has 182 valence electrons. The Hall–Kier alpha value is -1.97. The fourth-order valence-corrected chi connectivity index (χ4v) is 5.64. The SMILES string of the molecule is CC(C)CC(Nc1nc(CN2CCN(C3(C)C=CC=CN3)CC2)ns1)C(=O)N1CCCC1C. The molecule has 3 aliphatic rings. The van der Waals surface area contributed by atoms with E-state index in [9.17, 15) is 4.79 Å². The van der Waals surface area contributed by atoms with Gasteiger partial charge in [0.2, 0.25) is 11.0 Å². The molecule has 3 aliphatic heterocycles. The van der Waals surface area contributed by atoms with E-state index in [2.05, 4.69) is 64.7 Å². The Kier molecular flexibility index (Phi) is 7.71. The normalized spacial score (nSPS) is 27.2. The molecule has 0 aromatic carbocycles. The molecule has 0 radical (unpaired) electrons. The van der Waals surface area contributed by atoms with E-state index < -0.39 is 0 Å². The quantitative estimate of drug-likeness (QED) is 0.601. The van der Waals surface area contributed by atoms with Gasteiger partial charge in [0.25, 0.3) is 0 Å². The number of dihydropyridines is 1. The second-order valence-electron chi connectivity index (χ2n) is 10.1. The molecule has 0 aliphatic carbocycles. The Morgan fingerprint density at radius 1 is 1.27 bits per heavy atom. The Balaban J connectivity index is 1.31. The number of amides is 1. The lowest BCUT2D eigenvalue weighted by Crippen LogP contribution is -2.60. The minimum absolute atomic E-state index is 0.110. The molecule has 1 amide bonds. The fraction of sp³-hybridized carbons (Fsp3) is 0.708. The van der Waals surface area contributed by atoms with E-state index in [4.69, 9.17) is 4.98 Å². The molecule has 33 heavy (non-hydrogen) atoms. The van der Waals surface area contributed by atoms with E-state index >= 15 is 0 Å². The lowest BCUT2D eigenvalue weighted by molar-refractivity contribution is -0.132. The van der Waals surface area contributed by atoms with Gasteiger partial charge >= 0.3 is 0 Å². The predicted molar refractivity (Wildman–Crippen MR) is 134 cm³/mol. The van der Waals surface area contributed by atoms with Gasteiger partial charge in [0.05, 0.1) is 6.54 Å². The molecule has 0 bridgehead atoms. The third-order valence-corrected chi connectivity index (χ3v) is 7.69. The molecule has 4 heterocycles. The summed E-state index contributed by atoms with van der Waals surface area (Å²) in [5, 5.41) is 7.65. The number of anilines is 1. The molecular formula is C24H39N7OS. The van der Waals surface area contributed by atoms with E-state index in [-0.39, 0.29) is 17.6 Å². The maximum Gasteiger partial charge on any atom is 0.245 e. The van der Waals surface area contributed by atoms with Crippen LogP contribution in [0.25, 0.3) is 0 Å². The van der Waals surface area contributed by atoms with Gasteiger partial charge in [-0.3, -0.25) is 14.6 Å². The number of allylic oxidation sites excluding steroid dienone is 2. The molecule has 2 fully saturated rings. The van der Waals surface area contributed by atoms with Crippen LogP contribution in [0.3, 0.4) is 0 Å². The molecule has 1 aromatic heterocycles. The van der Waals surface area contributed by atoms with Crippen molar-refractivity contribution in [1.29, 1.82) is 0 Å². The molecular weight excluding hydrogens is 434 g/mol. The van der Waals surface area contributed by atoms with Gasteiger partial charge in [0.1, 0.15) is 11.7 Å². The smallest absolute Gasteiger partial charge is 0.245 e. The van der Waals surface area contributed by atoms with E-state index in [1.54, 1.807) is 0 Å². The summed E-state index contributed by atoms with van der Waals surface area (Å²) in [5.74, 6) is 1.47. The molecule has 8 nitrogen and oxygen atoms in total. The number of rotatable bonds is 8. The van der Waals surface area contributed by atoms with Crippen molar-refractivity contribution in [1.82, 2.24) is 29.4 Å². The van der Waals surface area contributed by atoms with Gasteiger partial charge in [-0.2, -0.15) is 4.37 Å². The van der Waals surface area contributed by atoms with Gasteiger partial charge in [-0.05, 0) is 57.4 Å². The predicted octanol–water partition coefficient (Wildman–Crippen LogP) is 2.88. The lowest BCUT2D eigenvalue weighted by Gasteiger charge is -2.45. The average Bonchev–Trinajstić information content (AvgIpc) is 3.42. The van der Waals surface area contributed by atoms with Crippen molar-refractivity contribution in [3.05, 3.63) is 30.3 Å². The van der Waals surface area contributed by atoms with E-state index in [0.717, 1.165) is 69.5 Å². The number of aromatic nitrogens is 2. The van der Waals surface area contributed by atoms with E-state index in [1.165, 1.54) is 11.5 Å². The first-order chi connectivity index (χ1) is 15.8. The van der Waals surface area contributed by atoms with Gasteiger partial charge in [-0.25, -0.2) is 4.98 Å². The Labute approximate surface area is 202 Å². The number of hydrogen-bond acceptors (Lipinski definition) is 8. The van der Waals surface area contributed by atoms with Crippen LogP contribution in [0, 0.1) is 5.92 Å². The minimum Gasteiger partial charge on any atom is -0.370 e. The first kappa shape index (κ1) is 24.2. The van der Waals surface area contributed by atoms with Crippen LogP contribution in [0.5, 0.6) is 0 Å². The van der Waals surface area contributed by atoms with Crippen molar-refractivity contribution in [3.63, 3.8) is 0 Å². The number of hydrogen-bond donors (Lipinski definition) is 2. The molecule has 2 N–H and O–H groups in total. The van der Waals surface area contributed by atoms with E-state index in [1.807, 2.05) is 17.2 Å². The summed E-state index contributed by atoms with van der Waals surface area (Å²) in [7, 11) is 0. The highest BCUT2D eigenvalue weighted by molar-refractivity contribution is 7.09. The summed E-state index contributed by atoms with van der Waals surface area (Å²) in [6.45, 7) is 14.3. The fourth-order valence-electron chi connectivity index (χ4n) is 5.01. The van der Waals surface area contributed by atoms with Crippen molar-refractivity contribution in [2.45, 2.75) is 71.2 Å². The summed E-state index contributed by atoms with van der Waals surface area (Å²) >= 11 is 1.37. The van der Waals surface area contributed by atoms with Crippen molar-refractivity contribution in [2.75, 3.05) is 38.0 Å². The molecule has 2 saturated heterocycles. The third kappa shape index (κ3) is 5.94. The monoisotopic (exact) mass is 473 g/mol. The summed E-state index contributed by atoms with van der Waals surface area (Å²) in [6, 6.07) is 0.0935. The van der Waals surface area contributed by atoms with Gasteiger partial charge in [0, 0.05) is 50.3 Å². The molecule has 1 aromatic rings. The average molecular weight is 474 g/mol. The molecule has 3 atom stereocenters. The molecule has 3 unspecified atom stereocenters. The van der Waals surface area contributed by atoms with Gasteiger partial charge < -0.3 is 15.5 Å². The molecule has 0 saturated carbocycles. The first-order valence-electron chi connectivity index (χ1n) is 12.3. The molecule has 0 spiro atoms. The van der Waals surface area contributed by atoms with Crippen molar-refractivity contribution in [2.24, 2.45) is 5.92 Å². The molecule has 4 rings (SSSR count). The van der Waals surface area contributed by atoms with Crippen LogP contribution >= 0.6 is 11.5 Å². The zero-order valence-electron chi connectivity index (χ0n) is 20.5. The summed E-state index contributed by atoms with van der Waals surface area (Å²) in [4.78, 5) is 24.9. The Morgan fingerprint density at radius 3 is 2.70 bits per heavy atom. The van der Waals surface area contributed by atoms with Crippen LogP contribution in [-0.4, -0.2) is 80.4 Å². The van der Waals surface area contributed by atoms with Crippen molar-refractivity contribution in [3.8, 4) is 0 Å². The highest BCUT2D eigenvalue weighted by Crippen LogP contribution is 2.23. The van der Waals surface area contributed by atoms with Crippen molar-refractivity contribution < 1.29 is 4.79 Å². The van der Waals surface area contributed by atoms with E-state index in [0.29, 0.717) is 12.0 Å². The maximum atomic E-state index is 13.2.